The minimum Gasteiger partial charge on any atom is -0.387 e. The molecule has 0 atom stereocenters. The quantitative estimate of drug-likeness (QED) is 0.574. The Morgan fingerprint density at radius 3 is 2.77 bits per heavy atom. The van der Waals surface area contributed by atoms with Crippen molar-refractivity contribution in [3.05, 3.63) is 23.9 Å². The van der Waals surface area contributed by atoms with Crippen LogP contribution in [-0.4, -0.2) is 28.8 Å². The lowest BCUT2D eigenvalue weighted by Crippen LogP contribution is -2.60. The van der Waals surface area contributed by atoms with E-state index in [2.05, 4.69) is 10.3 Å². The van der Waals surface area contributed by atoms with Crippen LogP contribution in [0, 0.1) is 0 Å². The number of β-amino-alcohol motifs (C(OH)–C–C–N with tert-alkyl or cyclic N) is 1. The summed E-state index contributed by atoms with van der Waals surface area (Å²) >= 11 is 0. The molecule has 1 aromatic rings. The summed E-state index contributed by atoms with van der Waals surface area (Å²) in [5, 5.41) is 12.8. The molecule has 4 heteroatoms. The Kier molecular flexibility index (Phi) is 1.94. The number of aliphatic hydroxyl groups is 1. The molecule has 0 spiro atoms. The number of rotatable bonds is 2. The van der Waals surface area contributed by atoms with Gasteiger partial charge in [-0.1, -0.05) is 6.07 Å². The Bertz CT molecular complexity index is 292. The summed E-state index contributed by atoms with van der Waals surface area (Å²) in [7, 11) is 0. The second kappa shape index (κ2) is 2.97. The van der Waals surface area contributed by atoms with Gasteiger partial charge in [0.2, 0.25) is 0 Å². The number of hydrogen-bond donors (Lipinski definition) is 3. The van der Waals surface area contributed by atoms with Crippen LogP contribution in [0.1, 0.15) is 5.56 Å². The van der Waals surface area contributed by atoms with Gasteiger partial charge in [0.05, 0.1) is 5.60 Å². The van der Waals surface area contributed by atoms with Gasteiger partial charge in [0.15, 0.2) is 0 Å². The van der Waals surface area contributed by atoms with Crippen molar-refractivity contribution in [3.63, 3.8) is 0 Å². The molecule has 1 fully saturated rings. The van der Waals surface area contributed by atoms with E-state index in [9.17, 15) is 5.11 Å². The van der Waals surface area contributed by atoms with Crippen LogP contribution >= 0.6 is 0 Å². The average Bonchev–Trinajstić information content (AvgIpc) is 2.06. The summed E-state index contributed by atoms with van der Waals surface area (Å²) in [5.74, 6) is 0.516. The van der Waals surface area contributed by atoms with Crippen LogP contribution in [0.5, 0.6) is 0 Å². The van der Waals surface area contributed by atoms with Crippen LogP contribution in [-0.2, 0) is 6.42 Å². The molecule has 0 bridgehead atoms. The largest absolute Gasteiger partial charge is 0.387 e. The molecule has 2 heterocycles. The number of nitrogens with one attached hydrogen (secondary N) is 1. The average molecular weight is 179 g/mol. The summed E-state index contributed by atoms with van der Waals surface area (Å²) < 4.78 is 0. The summed E-state index contributed by atoms with van der Waals surface area (Å²) in [6.07, 6.45) is 2.36. The van der Waals surface area contributed by atoms with Gasteiger partial charge < -0.3 is 16.2 Å². The van der Waals surface area contributed by atoms with Crippen molar-refractivity contribution >= 4 is 5.82 Å². The monoisotopic (exact) mass is 179 g/mol. The Morgan fingerprint density at radius 1 is 1.54 bits per heavy atom. The van der Waals surface area contributed by atoms with Crippen molar-refractivity contribution in [2.45, 2.75) is 12.0 Å². The predicted molar refractivity (Wildman–Crippen MR) is 50.2 cm³/mol. The van der Waals surface area contributed by atoms with Crippen LogP contribution in [0.25, 0.3) is 0 Å². The Labute approximate surface area is 76.8 Å². The van der Waals surface area contributed by atoms with E-state index in [0.717, 1.165) is 5.56 Å². The van der Waals surface area contributed by atoms with Gasteiger partial charge in [-0.15, -0.1) is 0 Å². The lowest BCUT2D eigenvalue weighted by atomic mass is 9.90. The molecule has 13 heavy (non-hydrogen) atoms. The van der Waals surface area contributed by atoms with Gasteiger partial charge in [-0.2, -0.15) is 0 Å². The second-order valence-corrected chi connectivity index (χ2v) is 3.60. The number of anilines is 1. The van der Waals surface area contributed by atoms with E-state index in [4.69, 9.17) is 5.73 Å². The van der Waals surface area contributed by atoms with E-state index < -0.39 is 5.60 Å². The van der Waals surface area contributed by atoms with Gasteiger partial charge in [0.25, 0.3) is 0 Å². The smallest absolute Gasteiger partial charge is 0.123 e. The molecule has 0 radical (unpaired) electrons. The Balaban J connectivity index is 2.05. The van der Waals surface area contributed by atoms with E-state index in [1.165, 1.54) is 0 Å². The molecule has 1 aliphatic rings. The molecule has 4 N–H and O–H groups in total. The zero-order valence-corrected chi connectivity index (χ0v) is 7.33. The standard InChI is InChI=1S/C9H13N3O/c10-8-2-1-7(4-12-8)3-9(13)5-11-6-9/h1-2,4,11,13H,3,5-6H2,(H2,10,12). The SMILES string of the molecule is Nc1ccc(CC2(O)CNC2)cn1. The zero-order chi connectivity index (χ0) is 9.31. The first-order valence-electron chi connectivity index (χ1n) is 4.31. The fraction of sp³-hybridized carbons (Fsp3) is 0.444. The van der Waals surface area contributed by atoms with E-state index in [0.29, 0.717) is 25.3 Å². The highest BCUT2D eigenvalue weighted by Gasteiger charge is 2.34. The fourth-order valence-corrected chi connectivity index (χ4v) is 1.46. The zero-order valence-electron chi connectivity index (χ0n) is 7.33. The molecule has 70 valence electrons. The highest BCUT2D eigenvalue weighted by atomic mass is 16.3. The third-order valence-electron chi connectivity index (χ3n) is 2.29. The molecule has 2 rings (SSSR count). The van der Waals surface area contributed by atoms with Crippen LogP contribution < -0.4 is 11.1 Å². The fourth-order valence-electron chi connectivity index (χ4n) is 1.46. The van der Waals surface area contributed by atoms with Crippen molar-refractivity contribution < 1.29 is 5.11 Å². The molecule has 1 aliphatic heterocycles. The van der Waals surface area contributed by atoms with Gasteiger partial charge in [-0.25, -0.2) is 4.98 Å². The van der Waals surface area contributed by atoms with Gasteiger partial charge in [0, 0.05) is 25.7 Å². The summed E-state index contributed by atoms with van der Waals surface area (Å²) in [4.78, 5) is 3.97. The molecule has 1 saturated heterocycles. The van der Waals surface area contributed by atoms with Crippen molar-refractivity contribution in [1.29, 1.82) is 0 Å². The molecular formula is C9H13N3O. The first-order valence-corrected chi connectivity index (χ1v) is 4.31. The lowest BCUT2D eigenvalue weighted by molar-refractivity contribution is -0.00907. The summed E-state index contributed by atoms with van der Waals surface area (Å²) in [6, 6.07) is 3.66. The highest BCUT2D eigenvalue weighted by Crippen LogP contribution is 2.17. The van der Waals surface area contributed by atoms with Crippen molar-refractivity contribution in [2.75, 3.05) is 18.8 Å². The van der Waals surface area contributed by atoms with Crippen molar-refractivity contribution in [2.24, 2.45) is 0 Å². The second-order valence-electron chi connectivity index (χ2n) is 3.60. The molecule has 1 aromatic heterocycles. The third-order valence-corrected chi connectivity index (χ3v) is 2.29. The summed E-state index contributed by atoms with van der Waals surface area (Å²) in [5.41, 5.74) is 5.91. The van der Waals surface area contributed by atoms with Crippen molar-refractivity contribution in [1.82, 2.24) is 10.3 Å². The lowest BCUT2D eigenvalue weighted by Gasteiger charge is -2.37. The van der Waals surface area contributed by atoms with Gasteiger partial charge in [-0.05, 0) is 11.6 Å². The molecule has 0 aromatic carbocycles. The number of aromatic nitrogens is 1. The van der Waals surface area contributed by atoms with Gasteiger partial charge >= 0.3 is 0 Å². The number of pyridine rings is 1. The number of nitrogens with zero attached hydrogens (tertiary/aromatic N) is 1. The Hall–Kier alpha value is -1.13. The molecule has 0 saturated carbocycles. The van der Waals surface area contributed by atoms with Crippen LogP contribution in [0.15, 0.2) is 18.3 Å². The molecule has 0 aliphatic carbocycles. The van der Waals surface area contributed by atoms with Crippen LogP contribution in [0.3, 0.4) is 0 Å². The number of nitrogen functional groups attached to an aromatic ring is 1. The molecule has 0 unspecified atom stereocenters. The summed E-state index contributed by atoms with van der Waals surface area (Å²) in [6.45, 7) is 1.33. The number of nitrogens with two attached hydrogens (primary N) is 1. The maximum Gasteiger partial charge on any atom is 0.123 e. The molecule has 0 amide bonds. The van der Waals surface area contributed by atoms with Crippen LogP contribution in [0.4, 0.5) is 5.82 Å². The van der Waals surface area contributed by atoms with E-state index >= 15 is 0 Å². The topological polar surface area (TPSA) is 71.2 Å². The van der Waals surface area contributed by atoms with Crippen molar-refractivity contribution in [3.8, 4) is 0 Å². The minimum absolute atomic E-state index is 0.516. The first-order chi connectivity index (χ1) is 6.18. The molecular weight excluding hydrogens is 166 g/mol. The highest BCUT2D eigenvalue weighted by molar-refractivity contribution is 5.30. The maximum atomic E-state index is 9.81. The van der Waals surface area contributed by atoms with E-state index in [1.807, 2.05) is 6.07 Å². The maximum absolute atomic E-state index is 9.81. The third kappa shape index (κ3) is 1.79. The van der Waals surface area contributed by atoms with E-state index in [1.54, 1.807) is 12.3 Å². The Morgan fingerprint density at radius 2 is 2.31 bits per heavy atom. The minimum atomic E-state index is -0.572. The van der Waals surface area contributed by atoms with Gasteiger partial charge in [-0.3, -0.25) is 0 Å². The van der Waals surface area contributed by atoms with Gasteiger partial charge in [0.1, 0.15) is 5.82 Å². The first kappa shape index (κ1) is 8.47. The predicted octanol–water partition coefficient (Wildman–Crippen LogP) is -0.459. The molecule has 4 nitrogen and oxygen atoms in total. The van der Waals surface area contributed by atoms with Crippen LogP contribution in [0.2, 0.25) is 0 Å². The van der Waals surface area contributed by atoms with E-state index in [-0.39, 0.29) is 0 Å². The number of hydrogen-bond acceptors (Lipinski definition) is 4. The normalized spacial score (nSPS) is 19.5.